The summed E-state index contributed by atoms with van der Waals surface area (Å²) in [6.45, 7) is 3.82. The summed E-state index contributed by atoms with van der Waals surface area (Å²) in [6, 6.07) is 16.6. The van der Waals surface area contributed by atoms with Gasteiger partial charge in [-0.1, -0.05) is 35.9 Å². The lowest BCUT2D eigenvalue weighted by Crippen LogP contribution is -2.41. The van der Waals surface area contributed by atoms with Crippen molar-refractivity contribution in [2.45, 2.75) is 33.2 Å². The van der Waals surface area contributed by atoms with Gasteiger partial charge >= 0.3 is 0 Å². The number of nitrogens with one attached hydrogen (secondary N) is 2. The number of hydrogen-bond acceptors (Lipinski definition) is 4. The van der Waals surface area contributed by atoms with Gasteiger partial charge < -0.3 is 15.5 Å². The van der Waals surface area contributed by atoms with Crippen molar-refractivity contribution >= 4 is 29.2 Å². The molecule has 0 saturated carbocycles. The highest BCUT2D eigenvalue weighted by molar-refractivity contribution is 6.01. The minimum absolute atomic E-state index is 0.0476. The van der Waals surface area contributed by atoms with E-state index in [0.717, 1.165) is 16.7 Å². The van der Waals surface area contributed by atoms with Gasteiger partial charge in [0.15, 0.2) is 0 Å². The summed E-state index contributed by atoms with van der Waals surface area (Å²) in [4.78, 5) is 43.4. The zero-order valence-electron chi connectivity index (χ0n) is 19.2. The van der Waals surface area contributed by atoms with E-state index in [-0.39, 0.29) is 49.5 Å². The van der Waals surface area contributed by atoms with E-state index in [1.807, 2.05) is 26.0 Å². The molecule has 0 bridgehead atoms. The van der Waals surface area contributed by atoms with Crippen LogP contribution in [0.5, 0.6) is 0 Å². The van der Waals surface area contributed by atoms with Crippen molar-refractivity contribution < 1.29 is 18.8 Å². The molecule has 0 spiro atoms. The van der Waals surface area contributed by atoms with E-state index in [9.17, 15) is 18.8 Å². The first-order valence-corrected chi connectivity index (χ1v) is 10.9. The quantitative estimate of drug-likeness (QED) is 0.505. The normalized spacial score (nSPS) is 10.4. The summed E-state index contributed by atoms with van der Waals surface area (Å²) in [5.74, 6) is -0.996. The lowest BCUT2D eigenvalue weighted by atomic mass is 10.1. The molecule has 1 aromatic heterocycles. The molecule has 7 nitrogen and oxygen atoms in total. The van der Waals surface area contributed by atoms with Gasteiger partial charge in [-0.3, -0.25) is 14.4 Å². The number of carbonyl (C=O) groups is 3. The van der Waals surface area contributed by atoms with Gasteiger partial charge in [0.25, 0.3) is 0 Å². The number of rotatable bonds is 9. The molecule has 2 N–H and O–H groups in total. The van der Waals surface area contributed by atoms with Crippen LogP contribution in [0.1, 0.15) is 29.5 Å². The summed E-state index contributed by atoms with van der Waals surface area (Å²) in [5, 5.41) is 5.41. The van der Waals surface area contributed by atoms with E-state index in [0.29, 0.717) is 11.5 Å². The first kappa shape index (κ1) is 24.6. The lowest BCUT2D eigenvalue weighted by molar-refractivity contribution is -0.125. The Morgan fingerprint density at radius 1 is 0.941 bits per heavy atom. The van der Waals surface area contributed by atoms with E-state index in [4.69, 9.17) is 0 Å². The van der Waals surface area contributed by atoms with Crippen LogP contribution in [0, 0.1) is 19.7 Å². The zero-order chi connectivity index (χ0) is 24.5. The van der Waals surface area contributed by atoms with Gasteiger partial charge in [0.1, 0.15) is 18.2 Å². The number of nitrogens with zero attached hydrogens (tertiary/aromatic N) is 2. The number of aromatic nitrogens is 1. The zero-order valence-corrected chi connectivity index (χ0v) is 19.2. The molecule has 0 aliphatic carbocycles. The highest BCUT2D eigenvalue weighted by atomic mass is 19.1. The van der Waals surface area contributed by atoms with Gasteiger partial charge in [0, 0.05) is 31.3 Å². The molecule has 0 aliphatic heterocycles. The molecule has 0 radical (unpaired) electrons. The van der Waals surface area contributed by atoms with Crippen molar-refractivity contribution in [3.8, 4) is 0 Å². The van der Waals surface area contributed by atoms with E-state index in [1.165, 1.54) is 17.0 Å². The molecule has 0 atom stereocenters. The minimum Gasteiger partial charge on any atom is -0.350 e. The fourth-order valence-electron chi connectivity index (χ4n) is 3.42. The Bertz CT molecular complexity index is 1150. The van der Waals surface area contributed by atoms with Crippen molar-refractivity contribution in [3.63, 3.8) is 0 Å². The predicted molar refractivity (Wildman–Crippen MR) is 129 cm³/mol. The summed E-state index contributed by atoms with van der Waals surface area (Å²) in [7, 11) is 0. The maximum atomic E-state index is 13.1. The van der Waals surface area contributed by atoms with Crippen molar-refractivity contribution in [1.82, 2.24) is 10.3 Å². The number of pyridine rings is 1. The average Bonchev–Trinajstić information content (AvgIpc) is 2.82. The number of carbonyl (C=O) groups excluding carboxylic acids is 3. The average molecular weight is 463 g/mol. The molecule has 0 fully saturated rings. The molecular weight excluding hydrogens is 435 g/mol. The third-order valence-electron chi connectivity index (χ3n) is 5.15. The second-order valence-electron chi connectivity index (χ2n) is 7.94. The molecule has 0 unspecified atom stereocenters. The molecule has 34 heavy (non-hydrogen) atoms. The van der Waals surface area contributed by atoms with Crippen molar-refractivity contribution in [3.05, 3.63) is 89.4 Å². The van der Waals surface area contributed by atoms with E-state index >= 15 is 0 Å². The SMILES string of the molecule is Cc1ccc(N(CC(=O)NCc2ccc(F)cc2)C(=O)CCC(=O)Nc2ccccn2)c(C)c1. The molecule has 176 valence electrons. The highest BCUT2D eigenvalue weighted by Crippen LogP contribution is 2.22. The molecule has 3 rings (SSSR count). The number of hydrogen-bond donors (Lipinski definition) is 2. The number of anilines is 2. The van der Waals surface area contributed by atoms with E-state index < -0.39 is 0 Å². The summed E-state index contributed by atoms with van der Waals surface area (Å²) in [5.41, 5.74) is 3.23. The molecule has 2 aromatic carbocycles. The van der Waals surface area contributed by atoms with E-state index in [2.05, 4.69) is 15.6 Å². The Balaban J connectivity index is 1.66. The Kier molecular flexibility index (Phi) is 8.45. The van der Waals surface area contributed by atoms with Gasteiger partial charge in [-0.05, 0) is 55.3 Å². The summed E-state index contributed by atoms with van der Waals surface area (Å²) < 4.78 is 13.1. The van der Waals surface area contributed by atoms with Gasteiger partial charge in [0.2, 0.25) is 17.7 Å². The molecule has 0 saturated heterocycles. The number of halogens is 1. The maximum Gasteiger partial charge on any atom is 0.240 e. The van der Waals surface area contributed by atoms with Gasteiger partial charge in [-0.25, -0.2) is 9.37 Å². The van der Waals surface area contributed by atoms with Crippen LogP contribution in [0.15, 0.2) is 66.9 Å². The van der Waals surface area contributed by atoms with Crippen molar-refractivity contribution in [2.75, 3.05) is 16.8 Å². The van der Waals surface area contributed by atoms with Crippen LogP contribution in [0.4, 0.5) is 15.9 Å². The second-order valence-corrected chi connectivity index (χ2v) is 7.94. The van der Waals surface area contributed by atoms with Crippen LogP contribution in [0.2, 0.25) is 0 Å². The third-order valence-corrected chi connectivity index (χ3v) is 5.15. The Morgan fingerprint density at radius 2 is 1.71 bits per heavy atom. The number of benzene rings is 2. The Hall–Kier alpha value is -4.07. The molecular formula is C26H27FN4O3. The number of aryl methyl sites for hydroxylation is 2. The minimum atomic E-state index is -0.365. The molecule has 1 heterocycles. The number of amides is 3. The van der Waals surface area contributed by atoms with Crippen LogP contribution in [-0.2, 0) is 20.9 Å². The molecule has 0 aliphatic rings. The Labute approximate surface area is 198 Å². The van der Waals surface area contributed by atoms with Crippen molar-refractivity contribution in [1.29, 1.82) is 0 Å². The van der Waals surface area contributed by atoms with Crippen LogP contribution < -0.4 is 15.5 Å². The van der Waals surface area contributed by atoms with Crippen molar-refractivity contribution in [2.24, 2.45) is 0 Å². The fraction of sp³-hybridized carbons (Fsp3) is 0.231. The monoisotopic (exact) mass is 462 g/mol. The summed E-state index contributed by atoms with van der Waals surface area (Å²) >= 11 is 0. The topological polar surface area (TPSA) is 91.4 Å². The standard InChI is InChI=1S/C26H27FN4O3/c1-18-6-11-22(19(2)15-18)31(17-25(33)29-16-20-7-9-21(27)10-8-20)26(34)13-12-24(32)30-23-5-3-4-14-28-23/h3-11,14-15H,12-13,16-17H2,1-2H3,(H,29,33)(H,28,30,32). The van der Waals surface area contributed by atoms with Gasteiger partial charge in [-0.2, -0.15) is 0 Å². The molecule has 3 aromatic rings. The van der Waals surface area contributed by atoms with Crippen LogP contribution in [0.25, 0.3) is 0 Å². The van der Waals surface area contributed by atoms with Gasteiger partial charge in [-0.15, -0.1) is 0 Å². The van der Waals surface area contributed by atoms with E-state index in [1.54, 1.807) is 42.6 Å². The van der Waals surface area contributed by atoms with Gasteiger partial charge in [0.05, 0.1) is 0 Å². The summed E-state index contributed by atoms with van der Waals surface area (Å²) in [6.07, 6.45) is 1.44. The molecule has 3 amide bonds. The fourth-order valence-corrected chi connectivity index (χ4v) is 3.42. The third kappa shape index (κ3) is 7.23. The van der Waals surface area contributed by atoms with Crippen LogP contribution in [0.3, 0.4) is 0 Å². The first-order chi connectivity index (χ1) is 16.3. The second kappa shape index (κ2) is 11.7. The predicted octanol–water partition coefficient (Wildman–Crippen LogP) is 3.91. The smallest absolute Gasteiger partial charge is 0.240 e. The Morgan fingerprint density at radius 3 is 2.38 bits per heavy atom. The lowest BCUT2D eigenvalue weighted by Gasteiger charge is -2.24. The van der Waals surface area contributed by atoms with Crippen LogP contribution in [-0.4, -0.2) is 29.3 Å². The van der Waals surface area contributed by atoms with Crippen LogP contribution >= 0.6 is 0 Å². The highest BCUT2D eigenvalue weighted by Gasteiger charge is 2.21. The first-order valence-electron chi connectivity index (χ1n) is 10.9. The largest absolute Gasteiger partial charge is 0.350 e. The molecule has 8 heteroatoms. The maximum absolute atomic E-state index is 13.1.